The molecule has 1 amide bonds. The van der Waals surface area contributed by atoms with Crippen LogP contribution in [0.2, 0.25) is 5.02 Å². The SMILES string of the molecule is CCN(Cc1ccccc1)c1cc(C(=O)Nc2cccc(Cl)c2)nc(C)n1. The fourth-order valence-corrected chi connectivity index (χ4v) is 2.94. The molecule has 0 bridgehead atoms. The number of aromatic nitrogens is 2. The molecule has 5 nitrogen and oxygen atoms in total. The molecule has 2 aromatic carbocycles. The first-order valence-corrected chi connectivity index (χ1v) is 9.14. The summed E-state index contributed by atoms with van der Waals surface area (Å²) in [5, 5.41) is 3.39. The Morgan fingerprint density at radius 3 is 2.56 bits per heavy atom. The van der Waals surface area contributed by atoms with E-state index >= 15 is 0 Å². The van der Waals surface area contributed by atoms with Crippen LogP contribution in [0, 0.1) is 6.92 Å². The van der Waals surface area contributed by atoms with Crippen molar-refractivity contribution in [2.45, 2.75) is 20.4 Å². The smallest absolute Gasteiger partial charge is 0.274 e. The van der Waals surface area contributed by atoms with Crippen LogP contribution in [0.3, 0.4) is 0 Å². The number of halogens is 1. The zero-order valence-electron chi connectivity index (χ0n) is 15.3. The Labute approximate surface area is 164 Å². The van der Waals surface area contributed by atoms with Gasteiger partial charge in [0.1, 0.15) is 17.3 Å². The molecule has 0 saturated heterocycles. The van der Waals surface area contributed by atoms with Crippen molar-refractivity contribution in [1.82, 2.24) is 9.97 Å². The lowest BCUT2D eigenvalue weighted by Crippen LogP contribution is -2.25. The first-order valence-electron chi connectivity index (χ1n) is 8.76. The number of aryl methyl sites for hydroxylation is 1. The zero-order valence-corrected chi connectivity index (χ0v) is 16.1. The van der Waals surface area contributed by atoms with E-state index in [0.29, 0.717) is 28.8 Å². The minimum absolute atomic E-state index is 0.292. The van der Waals surface area contributed by atoms with Crippen LogP contribution in [0.4, 0.5) is 11.5 Å². The molecule has 0 fully saturated rings. The van der Waals surface area contributed by atoms with Gasteiger partial charge in [0, 0.05) is 29.9 Å². The lowest BCUT2D eigenvalue weighted by atomic mass is 10.2. The van der Waals surface area contributed by atoms with Gasteiger partial charge in [0.05, 0.1) is 0 Å². The van der Waals surface area contributed by atoms with Crippen LogP contribution < -0.4 is 10.2 Å². The highest BCUT2D eigenvalue weighted by Gasteiger charge is 2.14. The average molecular weight is 381 g/mol. The van der Waals surface area contributed by atoms with Crippen molar-refractivity contribution in [1.29, 1.82) is 0 Å². The molecule has 0 atom stereocenters. The molecule has 3 rings (SSSR count). The molecule has 0 unspecified atom stereocenters. The third-order valence-corrected chi connectivity index (χ3v) is 4.30. The number of benzene rings is 2. The first kappa shape index (κ1) is 18.9. The van der Waals surface area contributed by atoms with Crippen LogP contribution in [0.1, 0.15) is 28.8 Å². The monoisotopic (exact) mass is 380 g/mol. The lowest BCUT2D eigenvalue weighted by molar-refractivity contribution is 0.102. The summed E-state index contributed by atoms with van der Waals surface area (Å²) in [6, 6.07) is 18.9. The molecule has 0 spiro atoms. The average Bonchev–Trinajstić information content (AvgIpc) is 2.66. The molecule has 138 valence electrons. The van der Waals surface area contributed by atoms with E-state index < -0.39 is 0 Å². The number of rotatable bonds is 6. The Bertz CT molecular complexity index is 930. The second kappa shape index (κ2) is 8.64. The van der Waals surface area contributed by atoms with E-state index in [1.807, 2.05) is 18.2 Å². The third-order valence-electron chi connectivity index (χ3n) is 4.06. The molecule has 0 aliphatic rings. The van der Waals surface area contributed by atoms with Crippen molar-refractivity contribution >= 4 is 29.0 Å². The molecule has 3 aromatic rings. The van der Waals surface area contributed by atoms with Crippen molar-refractivity contribution in [3.63, 3.8) is 0 Å². The van der Waals surface area contributed by atoms with Crippen molar-refractivity contribution in [2.75, 3.05) is 16.8 Å². The maximum absolute atomic E-state index is 12.6. The first-order chi connectivity index (χ1) is 13.0. The predicted octanol–water partition coefficient (Wildman–Crippen LogP) is 4.72. The standard InChI is InChI=1S/C21H21ClN4O/c1-3-26(14-16-8-5-4-6-9-16)20-13-19(23-15(2)24-20)21(27)25-18-11-7-10-17(22)12-18/h4-13H,3,14H2,1-2H3,(H,25,27). The molecule has 1 aromatic heterocycles. The number of carbonyl (C=O) groups is 1. The van der Waals surface area contributed by atoms with E-state index in [-0.39, 0.29) is 5.91 Å². The fourth-order valence-electron chi connectivity index (χ4n) is 2.75. The van der Waals surface area contributed by atoms with Gasteiger partial charge >= 0.3 is 0 Å². The summed E-state index contributed by atoms with van der Waals surface area (Å²) in [7, 11) is 0. The largest absolute Gasteiger partial charge is 0.352 e. The number of nitrogens with one attached hydrogen (secondary N) is 1. The van der Waals surface area contributed by atoms with E-state index in [1.54, 1.807) is 37.3 Å². The van der Waals surface area contributed by atoms with E-state index in [1.165, 1.54) is 5.56 Å². The highest BCUT2D eigenvalue weighted by atomic mass is 35.5. The fraction of sp³-hybridized carbons (Fsp3) is 0.190. The van der Waals surface area contributed by atoms with Gasteiger partial charge in [-0.25, -0.2) is 9.97 Å². The number of amides is 1. The van der Waals surface area contributed by atoms with Gasteiger partial charge < -0.3 is 10.2 Å². The van der Waals surface area contributed by atoms with Gasteiger partial charge in [-0.05, 0) is 37.6 Å². The molecule has 1 heterocycles. The van der Waals surface area contributed by atoms with Crippen LogP contribution in [0.15, 0.2) is 60.7 Å². The quantitative estimate of drug-likeness (QED) is 0.672. The second-order valence-electron chi connectivity index (χ2n) is 6.12. The van der Waals surface area contributed by atoms with Crippen LogP contribution in [0.5, 0.6) is 0 Å². The van der Waals surface area contributed by atoms with E-state index in [0.717, 1.165) is 12.4 Å². The Hall–Kier alpha value is -2.92. The second-order valence-corrected chi connectivity index (χ2v) is 6.56. The summed E-state index contributed by atoms with van der Waals surface area (Å²) in [5.74, 6) is 0.986. The number of hydrogen-bond acceptors (Lipinski definition) is 4. The Kier molecular flexibility index (Phi) is 6.04. The predicted molar refractivity (Wildman–Crippen MR) is 109 cm³/mol. The topological polar surface area (TPSA) is 58.1 Å². The Morgan fingerprint density at radius 2 is 1.85 bits per heavy atom. The molecule has 0 aliphatic heterocycles. The van der Waals surface area contributed by atoms with Gasteiger partial charge in [-0.1, -0.05) is 48.0 Å². The summed E-state index contributed by atoms with van der Waals surface area (Å²) in [6.07, 6.45) is 0. The minimum Gasteiger partial charge on any atom is -0.352 e. The van der Waals surface area contributed by atoms with Crippen LogP contribution in [-0.4, -0.2) is 22.4 Å². The normalized spacial score (nSPS) is 10.5. The summed E-state index contributed by atoms with van der Waals surface area (Å²) >= 11 is 5.98. The minimum atomic E-state index is -0.292. The maximum atomic E-state index is 12.6. The zero-order chi connectivity index (χ0) is 19.2. The summed E-state index contributed by atoms with van der Waals surface area (Å²) in [6.45, 7) is 5.33. The highest BCUT2D eigenvalue weighted by molar-refractivity contribution is 6.30. The number of anilines is 2. The summed E-state index contributed by atoms with van der Waals surface area (Å²) in [5.41, 5.74) is 2.13. The maximum Gasteiger partial charge on any atom is 0.274 e. The molecule has 27 heavy (non-hydrogen) atoms. The Balaban J connectivity index is 1.83. The molecule has 6 heteroatoms. The van der Waals surface area contributed by atoms with Crippen molar-refractivity contribution in [2.24, 2.45) is 0 Å². The molecular weight excluding hydrogens is 360 g/mol. The van der Waals surface area contributed by atoms with E-state index in [9.17, 15) is 4.79 Å². The highest BCUT2D eigenvalue weighted by Crippen LogP contribution is 2.19. The van der Waals surface area contributed by atoms with Gasteiger partial charge in [0.15, 0.2) is 0 Å². The van der Waals surface area contributed by atoms with Crippen LogP contribution >= 0.6 is 11.6 Å². The summed E-state index contributed by atoms with van der Waals surface area (Å²) < 4.78 is 0. The number of nitrogens with zero attached hydrogens (tertiary/aromatic N) is 3. The molecule has 1 N–H and O–H groups in total. The number of hydrogen-bond donors (Lipinski definition) is 1. The lowest BCUT2D eigenvalue weighted by Gasteiger charge is -2.22. The third kappa shape index (κ3) is 5.05. The van der Waals surface area contributed by atoms with Gasteiger partial charge in [0.25, 0.3) is 5.91 Å². The molecule has 0 saturated carbocycles. The molecular formula is C21H21ClN4O. The van der Waals surface area contributed by atoms with Gasteiger partial charge in [-0.3, -0.25) is 4.79 Å². The van der Waals surface area contributed by atoms with Gasteiger partial charge in [0.2, 0.25) is 0 Å². The summed E-state index contributed by atoms with van der Waals surface area (Å²) in [4.78, 5) is 23.6. The van der Waals surface area contributed by atoms with Gasteiger partial charge in [-0.2, -0.15) is 0 Å². The van der Waals surface area contributed by atoms with Crippen molar-refractivity contribution in [3.8, 4) is 0 Å². The van der Waals surface area contributed by atoms with Crippen molar-refractivity contribution in [3.05, 3.63) is 82.8 Å². The van der Waals surface area contributed by atoms with Crippen LogP contribution in [0.25, 0.3) is 0 Å². The molecule has 0 aliphatic carbocycles. The van der Waals surface area contributed by atoms with Gasteiger partial charge in [-0.15, -0.1) is 0 Å². The molecule has 0 radical (unpaired) electrons. The number of carbonyl (C=O) groups excluding carboxylic acids is 1. The van der Waals surface area contributed by atoms with E-state index in [2.05, 4.69) is 39.2 Å². The van der Waals surface area contributed by atoms with E-state index in [4.69, 9.17) is 11.6 Å². The van der Waals surface area contributed by atoms with Crippen molar-refractivity contribution < 1.29 is 4.79 Å². The Morgan fingerprint density at radius 1 is 1.07 bits per heavy atom. The van der Waals surface area contributed by atoms with Crippen LogP contribution in [-0.2, 0) is 6.54 Å².